The van der Waals surface area contributed by atoms with Gasteiger partial charge in [0.05, 0.1) is 12.2 Å². The topological polar surface area (TPSA) is 64.6 Å². The third-order valence-electron chi connectivity index (χ3n) is 1.45. The summed E-state index contributed by atoms with van der Waals surface area (Å²) in [4.78, 5) is 21.5. The number of hydrogen-bond donors (Lipinski definition) is 1. The standard InChI is InChI=1S/C8H13NO4/c1-8(2,3)12-4-5-6(10)13-7(11)9-5/h5H,4H2,1-3H3,(H,9,11)/t5-/m0/s1. The Morgan fingerprint density at radius 1 is 1.46 bits per heavy atom. The SMILES string of the molecule is CC(C)(C)OC[C@@H]1NC(=O)OC1=O. The van der Waals surface area contributed by atoms with Crippen molar-refractivity contribution >= 4 is 12.1 Å². The monoisotopic (exact) mass is 187 g/mol. The number of amides is 1. The van der Waals surface area contributed by atoms with Gasteiger partial charge in [0.1, 0.15) is 0 Å². The molecule has 0 aliphatic carbocycles. The molecule has 0 aromatic carbocycles. The van der Waals surface area contributed by atoms with Crippen LogP contribution >= 0.6 is 0 Å². The van der Waals surface area contributed by atoms with Gasteiger partial charge in [-0.3, -0.25) is 0 Å². The molecule has 1 amide bonds. The maximum Gasteiger partial charge on any atom is 0.415 e. The van der Waals surface area contributed by atoms with Crippen molar-refractivity contribution in [2.45, 2.75) is 32.4 Å². The Kier molecular flexibility index (Phi) is 2.56. The summed E-state index contributed by atoms with van der Waals surface area (Å²) < 4.78 is 9.59. The van der Waals surface area contributed by atoms with Crippen molar-refractivity contribution < 1.29 is 19.1 Å². The number of esters is 1. The summed E-state index contributed by atoms with van der Waals surface area (Å²) in [5, 5.41) is 2.34. The van der Waals surface area contributed by atoms with E-state index in [2.05, 4.69) is 10.1 Å². The number of ether oxygens (including phenoxy) is 2. The van der Waals surface area contributed by atoms with Crippen molar-refractivity contribution in [3.8, 4) is 0 Å². The normalized spacial score (nSPS) is 22.8. The fourth-order valence-electron chi connectivity index (χ4n) is 0.836. The first-order chi connectivity index (χ1) is 5.88. The largest absolute Gasteiger partial charge is 0.415 e. The van der Waals surface area contributed by atoms with E-state index in [1.165, 1.54) is 0 Å². The second-order valence-electron chi connectivity index (χ2n) is 3.83. The Morgan fingerprint density at radius 3 is 2.46 bits per heavy atom. The Labute approximate surface area is 76.4 Å². The molecule has 0 aromatic heterocycles. The molecule has 5 heteroatoms. The molecular formula is C8H13NO4. The van der Waals surface area contributed by atoms with Crippen LogP contribution in [0, 0.1) is 0 Å². The van der Waals surface area contributed by atoms with Gasteiger partial charge in [-0.25, -0.2) is 9.59 Å². The molecule has 0 saturated carbocycles. The van der Waals surface area contributed by atoms with Gasteiger partial charge in [0.25, 0.3) is 0 Å². The smallest absolute Gasteiger partial charge is 0.375 e. The van der Waals surface area contributed by atoms with Crippen LogP contribution in [0.4, 0.5) is 4.79 Å². The van der Waals surface area contributed by atoms with E-state index >= 15 is 0 Å². The highest BCUT2D eigenvalue weighted by atomic mass is 16.6. The van der Waals surface area contributed by atoms with Crippen molar-refractivity contribution in [1.29, 1.82) is 0 Å². The highest BCUT2D eigenvalue weighted by Crippen LogP contribution is 2.09. The van der Waals surface area contributed by atoms with Crippen molar-refractivity contribution in [3.63, 3.8) is 0 Å². The summed E-state index contributed by atoms with van der Waals surface area (Å²) >= 11 is 0. The first-order valence-corrected chi connectivity index (χ1v) is 4.04. The molecule has 1 heterocycles. The lowest BCUT2D eigenvalue weighted by molar-refractivity contribution is -0.137. The number of cyclic esters (lactones) is 2. The number of nitrogens with one attached hydrogen (secondary N) is 1. The van der Waals surface area contributed by atoms with Gasteiger partial charge < -0.3 is 14.8 Å². The van der Waals surface area contributed by atoms with Crippen LogP contribution in [0.25, 0.3) is 0 Å². The molecule has 1 rings (SSSR count). The van der Waals surface area contributed by atoms with E-state index in [-0.39, 0.29) is 12.2 Å². The van der Waals surface area contributed by atoms with E-state index in [0.717, 1.165) is 0 Å². The molecule has 1 saturated heterocycles. The van der Waals surface area contributed by atoms with Gasteiger partial charge in [-0.05, 0) is 20.8 Å². The fraction of sp³-hybridized carbons (Fsp3) is 0.750. The lowest BCUT2D eigenvalue weighted by Gasteiger charge is -2.20. The van der Waals surface area contributed by atoms with Gasteiger partial charge in [0.2, 0.25) is 0 Å². The van der Waals surface area contributed by atoms with Crippen molar-refractivity contribution in [2.75, 3.05) is 6.61 Å². The zero-order valence-electron chi connectivity index (χ0n) is 7.92. The average molecular weight is 187 g/mol. The molecule has 1 atom stereocenters. The molecule has 1 aliphatic rings. The van der Waals surface area contributed by atoms with Crippen molar-refractivity contribution in [1.82, 2.24) is 5.32 Å². The highest BCUT2D eigenvalue weighted by molar-refractivity contribution is 5.95. The number of hydrogen-bond acceptors (Lipinski definition) is 4. The summed E-state index contributed by atoms with van der Waals surface area (Å²) in [5.41, 5.74) is -0.326. The van der Waals surface area contributed by atoms with Gasteiger partial charge in [-0.2, -0.15) is 0 Å². The molecule has 0 bridgehead atoms. The van der Waals surface area contributed by atoms with Crippen LogP contribution in [0.2, 0.25) is 0 Å². The minimum atomic E-state index is -0.701. The molecule has 0 unspecified atom stereocenters. The van der Waals surface area contributed by atoms with Crippen LogP contribution in [0.15, 0.2) is 0 Å². The Bertz CT molecular complexity index is 231. The quantitative estimate of drug-likeness (QED) is 0.503. The predicted molar refractivity (Wildman–Crippen MR) is 44.1 cm³/mol. The van der Waals surface area contributed by atoms with E-state index in [9.17, 15) is 9.59 Å². The second-order valence-corrected chi connectivity index (χ2v) is 3.83. The van der Waals surface area contributed by atoms with E-state index in [4.69, 9.17) is 4.74 Å². The fourth-order valence-corrected chi connectivity index (χ4v) is 0.836. The Balaban J connectivity index is 2.38. The van der Waals surface area contributed by atoms with E-state index in [0.29, 0.717) is 0 Å². The summed E-state index contributed by atoms with van der Waals surface area (Å²) in [6.07, 6.45) is -0.701. The zero-order valence-corrected chi connectivity index (χ0v) is 7.92. The third kappa shape index (κ3) is 3.02. The van der Waals surface area contributed by atoms with Gasteiger partial charge in [0, 0.05) is 0 Å². The summed E-state index contributed by atoms with van der Waals surface area (Å²) in [6.45, 7) is 5.76. The molecular weight excluding hydrogens is 174 g/mol. The minimum absolute atomic E-state index is 0.147. The van der Waals surface area contributed by atoms with Crippen LogP contribution in [0.1, 0.15) is 20.8 Å². The number of rotatable bonds is 2. The lowest BCUT2D eigenvalue weighted by atomic mass is 10.2. The van der Waals surface area contributed by atoms with Crippen LogP contribution in [0.5, 0.6) is 0 Å². The molecule has 74 valence electrons. The first kappa shape index (κ1) is 9.98. The molecule has 0 radical (unpaired) electrons. The maximum atomic E-state index is 10.9. The summed E-state index contributed by atoms with van der Waals surface area (Å²) in [6, 6.07) is -0.660. The predicted octanol–water partition coefficient (Wildman–Crippen LogP) is 0.436. The molecule has 5 nitrogen and oxygen atoms in total. The Hall–Kier alpha value is -1.10. The molecule has 0 spiro atoms. The number of carbonyl (C=O) groups is 2. The van der Waals surface area contributed by atoms with Crippen LogP contribution in [0.3, 0.4) is 0 Å². The van der Waals surface area contributed by atoms with Crippen molar-refractivity contribution in [3.05, 3.63) is 0 Å². The van der Waals surface area contributed by atoms with Crippen LogP contribution in [-0.4, -0.2) is 30.3 Å². The van der Waals surface area contributed by atoms with Gasteiger partial charge >= 0.3 is 12.1 Å². The van der Waals surface area contributed by atoms with Gasteiger partial charge in [0.15, 0.2) is 6.04 Å². The summed E-state index contributed by atoms with van der Waals surface area (Å²) in [5.74, 6) is -0.575. The van der Waals surface area contributed by atoms with E-state index in [1.54, 1.807) is 0 Å². The van der Waals surface area contributed by atoms with E-state index in [1.807, 2.05) is 20.8 Å². The molecule has 1 aliphatic heterocycles. The third-order valence-corrected chi connectivity index (χ3v) is 1.45. The molecule has 0 aromatic rings. The van der Waals surface area contributed by atoms with Crippen molar-refractivity contribution in [2.24, 2.45) is 0 Å². The number of alkyl carbamates (subject to hydrolysis) is 1. The first-order valence-electron chi connectivity index (χ1n) is 4.04. The van der Waals surface area contributed by atoms with E-state index < -0.39 is 18.1 Å². The average Bonchev–Trinajstić information content (AvgIpc) is 2.24. The zero-order chi connectivity index (χ0) is 10.1. The van der Waals surface area contributed by atoms with Gasteiger partial charge in [-0.1, -0.05) is 0 Å². The lowest BCUT2D eigenvalue weighted by Crippen LogP contribution is -2.36. The van der Waals surface area contributed by atoms with Crippen LogP contribution in [-0.2, 0) is 14.3 Å². The molecule has 1 N–H and O–H groups in total. The minimum Gasteiger partial charge on any atom is -0.375 e. The highest BCUT2D eigenvalue weighted by Gasteiger charge is 2.33. The number of carbonyl (C=O) groups excluding carboxylic acids is 2. The molecule has 13 heavy (non-hydrogen) atoms. The second kappa shape index (κ2) is 3.33. The Morgan fingerprint density at radius 2 is 2.08 bits per heavy atom. The maximum absolute atomic E-state index is 10.9. The summed E-state index contributed by atoms with van der Waals surface area (Å²) in [7, 11) is 0. The molecule has 1 fully saturated rings. The van der Waals surface area contributed by atoms with Crippen LogP contribution < -0.4 is 5.32 Å². The van der Waals surface area contributed by atoms with Gasteiger partial charge in [-0.15, -0.1) is 0 Å².